The van der Waals surface area contributed by atoms with Gasteiger partial charge in [-0.3, -0.25) is 20.2 Å². The number of hydrogen-bond acceptors (Lipinski definition) is 4. The van der Waals surface area contributed by atoms with Gasteiger partial charge in [-0.2, -0.15) is 0 Å². The largest absolute Gasteiger partial charge is 0.393 e. The lowest BCUT2D eigenvalue weighted by molar-refractivity contribution is -0.146. The summed E-state index contributed by atoms with van der Waals surface area (Å²) in [5.74, 6) is -1.28. The van der Waals surface area contributed by atoms with Gasteiger partial charge in [-0.25, -0.2) is 4.79 Å². The zero-order valence-electron chi connectivity index (χ0n) is 8.66. The molecule has 1 aliphatic heterocycles. The number of rotatable bonds is 3. The Morgan fingerprint density at radius 2 is 1.73 bits per heavy atom. The van der Waals surface area contributed by atoms with Gasteiger partial charge in [-0.15, -0.1) is 0 Å². The zero-order chi connectivity index (χ0) is 11.6. The second-order valence-electron chi connectivity index (χ2n) is 3.73. The summed E-state index contributed by atoms with van der Waals surface area (Å²) >= 11 is 0. The molecule has 0 aromatic carbocycles. The van der Waals surface area contributed by atoms with E-state index in [1.54, 1.807) is 6.92 Å². The quantitative estimate of drug-likeness (QED) is 0.553. The molecule has 0 aromatic heterocycles. The summed E-state index contributed by atoms with van der Waals surface area (Å²) in [6.07, 6.45) is -0.535. The first kappa shape index (κ1) is 11.6. The third-order valence-electron chi connectivity index (χ3n) is 2.57. The van der Waals surface area contributed by atoms with Crippen molar-refractivity contribution >= 4 is 17.8 Å². The topological polar surface area (TPSA) is 95.5 Å². The van der Waals surface area contributed by atoms with Crippen LogP contribution >= 0.6 is 0 Å². The molecule has 3 N–H and O–H groups in total. The number of hydrogen-bond donors (Lipinski definition) is 3. The first-order valence-corrected chi connectivity index (χ1v) is 4.77. The first-order valence-electron chi connectivity index (χ1n) is 4.77. The summed E-state index contributed by atoms with van der Waals surface area (Å²) in [6.45, 7) is 3.16. The molecule has 6 nitrogen and oxygen atoms in total. The Morgan fingerprint density at radius 3 is 2.07 bits per heavy atom. The highest BCUT2D eigenvalue weighted by molar-refractivity contribution is 6.19. The van der Waals surface area contributed by atoms with Crippen LogP contribution in [0.4, 0.5) is 4.79 Å². The van der Waals surface area contributed by atoms with E-state index in [-0.39, 0.29) is 12.8 Å². The van der Waals surface area contributed by atoms with Gasteiger partial charge in [0.1, 0.15) is 5.41 Å². The molecule has 1 atom stereocenters. The molecule has 1 heterocycles. The average Bonchev–Trinajstić information content (AvgIpc) is 2.11. The molecule has 0 aliphatic carbocycles. The Bertz CT molecular complexity index is 291. The SMILES string of the molecule is CCC1(C[C@H](C)O)C(=O)NC(=O)NC1=O. The lowest BCUT2D eigenvalue weighted by Gasteiger charge is -2.33. The van der Waals surface area contributed by atoms with Crippen molar-refractivity contribution in [3.8, 4) is 0 Å². The molecule has 0 radical (unpaired) electrons. The van der Waals surface area contributed by atoms with E-state index in [1.165, 1.54) is 6.92 Å². The number of amides is 4. The summed E-state index contributed by atoms with van der Waals surface area (Å²) in [5.41, 5.74) is -1.33. The fourth-order valence-corrected chi connectivity index (χ4v) is 1.74. The van der Waals surface area contributed by atoms with Crippen LogP contribution in [0.1, 0.15) is 26.7 Å². The van der Waals surface area contributed by atoms with Crippen LogP contribution in [0.5, 0.6) is 0 Å². The van der Waals surface area contributed by atoms with Crippen LogP contribution in [0, 0.1) is 5.41 Å². The van der Waals surface area contributed by atoms with Crippen molar-refractivity contribution in [1.82, 2.24) is 10.6 Å². The van der Waals surface area contributed by atoms with Gasteiger partial charge in [0, 0.05) is 0 Å². The third kappa shape index (κ3) is 1.99. The van der Waals surface area contributed by atoms with Gasteiger partial charge in [0.2, 0.25) is 11.8 Å². The second-order valence-corrected chi connectivity index (χ2v) is 3.73. The number of nitrogens with one attached hydrogen (secondary N) is 2. The van der Waals surface area contributed by atoms with Crippen molar-refractivity contribution in [3.05, 3.63) is 0 Å². The van der Waals surface area contributed by atoms with Gasteiger partial charge in [0.05, 0.1) is 6.10 Å². The number of barbiturate groups is 1. The number of urea groups is 1. The monoisotopic (exact) mass is 214 g/mol. The molecule has 0 spiro atoms. The maximum Gasteiger partial charge on any atom is 0.328 e. The third-order valence-corrected chi connectivity index (χ3v) is 2.57. The number of imide groups is 2. The lowest BCUT2D eigenvalue weighted by Crippen LogP contribution is -2.62. The standard InChI is InChI=1S/C9H14N2O4/c1-3-9(4-5(2)12)6(13)10-8(15)11-7(9)14/h5,12H,3-4H2,1-2H3,(H2,10,11,13,14,15)/t5-/m0/s1. The van der Waals surface area contributed by atoms with Crippen molar-refractivity contribution in [3.63, 3.8) is 0 Å². The van der Waals surface area contributed by atoms with Crippen LogP contribution in [-0.4, -0.2) is 29.1 Å². The summed E-state index contributed by atoms with van der Waals surface area (Å²) in [7, 11) is 0. The molecule has 1 aliphatic rings. The normalized spacial score (nSPS) is 21.9. The van der Waals surface area contributed by atoms with Crippen molar-refractivity contribution < 1.29 is 19.5 Å². The molecule has 15 heavy (non-hydrogen) atoms. The first-order chi connectivity index (χ1) is 6.92. The zero-order valence-corrected chi connectivity index (χ0v) is 8.66. The summed E-state index contributed by atoms with van der Waals surface area (Å²) in [4.78, 5) is 34.0. The molecular formula is C9H14N2O4. The number of aliphatic hydroxyl groups is 1. The van der Waals surface area contributed by atoms with Crippen LogP contribution in [0.15, 0.2) is 0 Å². The molecule has 1 rings (SSSR count). The van der Waals surface area contributed by atoms with Crippen LogP contribution in [0.2, 0.25) is 0 Å². The van der Waals surface area contributed by atoms with E-state index in [9.17, 15) is 19.5 Å². The van der Waals surface area contributed by atoms with Gasteiger partial charge < -0.3 is 5.11 Å². The molecule has 0 saturated carbocycles. The Kier molecular flexibility index (Phi) is 3.09. The fraction of sp³-hybridized carbons (Fsp3) is 0.667. The Balaban J connectivity index is 3.00. The van der Waals surface area contributed by atoms with Gasteiger partial charge >= 0.3 is 6.03 Å². The molecule has 1 fully saturated rings. The molecule has 84 valence electrons. The molecule has 0 bridgehead atoms. The van der Waals surface area contributed by atoms with Crippen LogP contribution in [0.25, 0.3) is 0 Å². The highest BCUT2D eigenvalue weighted by Crippen LogP contribution is 2.30. The number of aliphatic hydroxyl groups excluding tert-OH is 1. The average molecular weight is 214 g/mol. The lowest BCUT2D eigenvalue weighted by atomic mass is 9.77. The molecule has 0 aromatic rings. The van der Waals surface area contributed by atoms with Gasteiger partial charge in [-0.1, -0.05) is 6.92 Å². The van der Waals surface area contributed by atoms with Gasteiger partial charge in [-0.05, 0) is 19.8 Å². The minimum atomic E-state index is -1.33. The van der Waals surface area contributed by atoms with Crippen LogP contribution in [0.3, 0.4) is 0 Å². The van der Waals surface area contributed by atoms with Gasteiger partial charge in [0.15, 0.2) is 0 Å². The number of carbonyl (C=O) groups is 3. The summed E-state index contributed by atoms with van der Waals surface area (Å²) < 4.78 is 0. The Morgan fingerprint density at radius 1 is 1.27 bits per heavy atom. The van der Waals surface area contributed by atoms with Crippen molar-refractivity contribution in [2.45, 2.75) is 32.8 Å². The van der Waals surface area contributed by atoms with E-state index >= 15 is 0 Å². The minimum absolute atomic E-state index is 0.00838. The maximum atomic E-state index is 11.6. The van der Waals surface area contributed by atoms with E-state index in [0.29, 0.717) is 0 Å². The Labute approximate surface area is 87.0 Å². The molecule has 6 heteroatoms. The van der Waals surface area contributed by atoms with Crippen LogP contribution in [-0.2, 0) is 9.59 Å². The summed E-state index contributed by atoms with van der Waals surface area (Å²) in [6, 6.07) is -0.806. The maximum absolute atomic E-state index is 11.6. The highest BCUT2D eigenvalue weighted by atomic mass is 16.3. The van der Waals surface area contributed by atoms with Crippen molar-refractivity contribution in [1.29, 1.82) is 0 Å². The molecule has 4 amide bonds. The Hall–Kier alpha value is -1.43. The predicted molar refractivity (Wildman–Crippen MR) is 50.7 cm³/mol. The molecule has 1 saturated heterocycles. The van der Waals surface area contributed by atoms with E-state index in [1.807, 2.05) is 10.6 Å². The fourth-order valence-electron chi connectivity index (χ4n) is 1.74. The van der Waals surface area contributed by atoms with E-state index in [0.717, 1.165) is 0 Å². The highest BCUT2D eigenvalue weighted by Gasteiger charge is 2.49. The van der Waals surface area contributed by atoms with Gasteiger partial charge in [0.25, 0.3) is 0 Å². The van der Waals surface area contributed by atoms with Crippen molar-refractivity contribution in [2.24, 2.45) is 5.41 Å². The second kappa shape index (κ2) is 3.98. The summed E-state index contributed by atoms with van der Waals surface area (Å²) in [5, 5.41) is 13.3. The predicted octanol–water partition coefficient (Wildman–Crippen LogP) is -0.480. The van der Waals surface area contributed by atoms with E-state index in [4.69, 9.17) is 0 Å². The molecule has 0 unspecified atom stereocenters. The smallest absolute Gasteiger partial charge is 0.328 e. The van der Waals surface area contributed by atoms with Crippen molar-refractivity contribution in [2.75, 3.05) is 0 Å². The van der Waals surface area contributed by atoms with Crippen LogP contribution < -0.4 is 10.6 Å². The van der Waals surface area contributed by atoms with E-state index < -0.39 is 29.4 Å². The number of carbonyl (C=O) groups excluding carboxylic acids is 3. The minimum Gasteiger partial charge on any atom is -0.393 e. The van der Waals surface area contributed by atoms with E-state index in [2.05, 4.69) is 0 Å². The molecular weight excluding hydrogens is 200 g/mol.